The van der Waals surface area contributed by atoms with Gasteiger partial charge in [-0.25, -0.2) is 0 Å². The van der Waals surface area contributed by atoms with Gasteiger partial charge in [0.05, 0.1) is 0 Å². The molecule has 150 valence electrons. The number of rotatable bonds is 6. The van der Waals surface area contributed by atoms with Crippen molar-refractivity contribution in [2.24, 2.45) is 0 Å². The first kappa shape index (κ1) is 19.3. The average molecular weight is 400 g/mol. The number of nitrogens with zero attached hydrogens (tertiary/aromatic N) is 1. The summed E-state index contributed by atoms with van der Waals surface area (Å²) >= 11 is 0. The summed E-state index contributed by atoms with van der Waals surface area (Å²) in [5, 5.41) is 26.2. The van der Waals surface area contributed by atoms with Crippen molar-refractivity contribution in [3.63, 3.8) is 0 Å². The van der Waals surface area contributed by atoms with Crippen LogP contribution in [0.5, 0.6) is 11.5 Å². The highest BCUT2D eigenvalue weighted by Gasteiger charge is 2.25. The first-order valence-electron chi connectivity index (χ1n) is 9.52. The number of nitrogens with one attached hydrogen (secondary N) is 1. The molecule has 0 atom stereocenters. The van der Waals surface area contributed by atoms with Crippen molar-refractivity contribution in [3.05, 3.63) is 90.0 Å². The minimum absolute atomic E-state index is 0.117. The Kier molecular flexibility index (Phi) is 5.48. The Morgan fingerprint density at radius 2 is 1.43 bits per heavy atom. The molecular weight excluding hydrogens is 380 g/mol. The Bertz CT molecular complexity index is 1070. The summed E-state index contributed by atoms with van der Waals surface area (Å²) in [5.74, 6) is 0.245. The van der Waals surface area contributed by atoms with Gasteiger partial charge in [0, 0.05) is 17.7 Å². The van der Waals surface area contributed by atoms with E-state index >= 15 is 0 Å². The molecule has 0 aliphatic heterocycles. The molecule has 4 rings (SSSR count). The lowest BCUT2D eigenvalue weighted by molar-refractivity contribution is 0.0955. The lowest BCUT2D eigenvalue weighted by Gasteiger charge is -2.07. The topological polar surface area (TPSA) is 95.6 Å². The molecule has 0 unspecified atom stereocenters. The van der Waals surface area contributed by atoms with Gasteiger partial charge in [0.2, 0.25) is 0 Å². The maximum absolute atomic E-state index is 13.1. The molecule has 30 heavy (non-hydrogen) atoms. The second-order valence-corrected chi connectivity index (χ2v) is 6.82. The fourth-order valence-corrected chi connectivity index (χ4v) is 3.18. The quantitative estimate of drug-likeness (QED) is 0.446. The fraction of sp³-hybridized carbons (Fsp3) is 0.0833. The standard InChI is InChI=1S/C24H20N2O4/c27-19-10-6-17(7-11-19)22-21(23(30-26-22)18-8-12-20(28)13-9-18)24(29)25-15-14-16-4-2-1-3-5-16/h1-13,27-28H,14-15H2,(H,25,29). The van der Waals surface area contributed by atoms with Crippen molar-refractivity contribution in [1.82, 2.24) is 10.5 Å². The summed E-state index contributed by atoms with van der Waals surface area (Å²) in [6, 6.07) is 22.7. The SMILES string of the molecule is O=C(NCCc1ccccc1)c1c(-c2ccc(O)cc2)noc1-c1ccc(O)cc1. The van der Waals surface area contributed by atoms with Crippen molar-refractivity contribution < 1.29 is 19.5 Å². The molecule has 3 aromatic carbocycles. The minimum Gasteiger partial charge on any atom is -0.508 e. The highest BCUT2D eigenvalue weighted by molar-refractivity contribution is 6.04. The Labute approximate surface area is 173 Å². The van der Waals surface area contributed by atoms with E-state index in [1.54, 1.807) is 24.3 Å². The Balaban J connectivity index is 1.65. The van der Waals surface area contributed by atoms with Crippen molar-refractivity contribution >= 4 is 5.91 Å². The van der Waals surface area contributed by atoms with Crippen molar-refractivity contribution in [2.75, 3.05) is 6.54 Å². The molecule has 0 spiro atoms. The zero-order valence-electron chi connectivity index (χ0n) is 16.1. The van der Waals surface area contributed by atoms with Crippen LogP contribution in [0.25, 0.3) is 22.6 Å². The van der Waals surface area contributed by atoms with Gasteiger partial charge in [-0.05, 0) is 60.5 Å². The van der Waals surface area contributed by atoms with Gasteiger partial charge >= 0.3 is 0 Å². The molecule has 1 heterocycles. The molecule has 6 nitrogen and oxygen atoms in total. The van der Waals surface area contributed by atoms with Crippen LogP contribution in [0.2, 0.25) is 0 Å². The van der Waals surface area contributed by atoms with Crippen molar-refractivity contribution in [3.8, 4) is 34.1 Å². The van der Waals surface area contributed by atoms with Crippen LogP contribution in [0, 0.1) is 0 Å². The zero-order valence-corrected chi connectivity index (χ0v) is 16.1. The van der Waals surface area contributed by atoms with Crippen LogP contribution in [0.15, 0.2) is 83.4 Å². The van der Waals surface area contributed by atoms with Gasteiger partial charge in [0.15, 0.2) is 5.76 Å². The Morgan fingerprint density at radius 3 is 2.07 bits per heavy atom. The molecule has 0 radical (unpaired) electrons. The number of carbonyl (C=O) groups excluding carboxylic acids is 1. The van der Waals surface area contributed by atoms with Crippen LogP contribution in [0.3, 0.4) is 0 Å². The highest BCUT2D eigenvalue weighted by Crippen LogP contribution is 2.33. The van der Waals surface area contributed by atoms with Gasteiger partial charge in [-0.2, -0.15) is 0 Å². The third-order valence-electron chi connectivity index (χ3n) is 4.73. The first-order chi connectivity index (χ1) is 14.6. The van der Waals surface area contributed by atoms with Gasteiger partial charge in [-0.3, -0.25) is 4.79 Å². The molecule has 4 aromatic rings. The maximum atomic E-state index is 13.1. The molecule has 0 aliphatic rings. The van der Waals surface area contributed by atoms with Gasteiger partial charge in [-0.15, -0.1) is 0 Å². The monoisotopic (exact) mass is 400 g/mol. The lowest BCUT2D eigenvalue weighted by atomic mass is 10.0. The third kappa shape index (κ3) is 4.17. The van der Waals surface area contributed by atoms with E-state index in [-0.39, 0.29) is 17.4 Å². The number of hydrogen-bond acceptors (Lipinski definition) is 5. The summed E-state index contributed by atoms with van der Waals surface area (Å²) < 4.78 is 5.54. The van der Waals surface area contributed by atoms with E-state index in [0.29, 0.717) is 41.1 Å². The molecule has 1 aromatic heterocycles. The molecule has 0 bridgehead atoms. The molecule has 0 fully saturated rings. The number of hydrogen-bond donors (Lipinski definition) is 3. The van der Waals surface area contributed by atoms with Crippen LogP contribution in [-0.4, -0.2) is 27.8 Å². The predicted molar refractivity (Wildman–Crippen MR) is 113 cm³/mol. The van der Waals surface area contributed by atoms with Crippen LogP contribution in [0.4, 0.5) is 0 Å². The fourth-order valence-electron chi connectivity index (χ4n) is 3.18. The molecular formula is C24H20N2O4. The van der Waals surface area contributed by atoms with E-state index in [2.05, 4.69) is 10.5 Å². The van der Waals surface area contributed by atoms with E-state index in [1.807, 2.05) is 30.3 Å². The van der Waals surface area contributed by atoms with Gasteiger partial charge in [-0.1, -0.05) is 35.5 Å². The smallest absolute Gasteiger partial charge is 0.257 e. The lowest BCUT2D eigenvalue weighted by Crippen LogP contribution is -2.26. The van der Waals surface area contributed by atoms with E-state index < -0.39 is 0 Å². The predicted octanol–water partition coefficient (Wildman–Crippen LogP) is 4.39. The summed E-state index contributed by atoms with van der Waals surface area (Å²) in [5.41, 5.74) is 3.09. The molecule has 0 saturated carbocycles. The van der Waals surface area contributed by atoms with E-state index in [4.69, 9.17) is 4.52 Å². The molecule has 0 saturated heterocycles. The van der Waals surface area contributed by atoms with Crippen LogP contribution < -0.4 is 5.32 Å². The number of aromatic hydroxyl groups is 2. The van der Waals surface area contributed by atoms with E-state index in [1.165, 1.54) is 24.3 Å². The summed E-state index contributed by atoms with van der Waals surface area (Å²) in [4.78, 5) is 13.1. The first-order valence-corrected chi connectivity index (χ1v) is 9.52. The van der Waals surface area contributed by atoms with E-state index in [9.17, 15) is 15.0 Å². The van der Waals surface area contributed by atoms with Gasteiger partial charge in [0.1, 0.15) is 22.8 Å². The van der Waals surface area contributed by atoms with E-state index in [0.717, 1.165) is 5.56 Å². The maximum Gasteiger partial charge on any atom is 0.257 e. The molecule has 6 heteroatoms. The number of carbonyl (C=O) groups is 1. The number of phenols is 2. The van der Waals surface area contributed by atoms with Gasteiger partial charge in [0.25, 0.3) is 5.91 Å². The average Bonchev–Trinajstić information content (AvgIpc) is 3.21. The highest BCUT2D eigenvalue weighted by atomic mass is 16.5. The van der Waals surface area contributed by atoms with Crippen LogP contribution in [-0.2, 0) is 6.42 Å². The normalized spacial score (nSPS) is 10.7. The molecule has 0 aliphatic carbocycles. The number of amides is 1. The molecule has 3 N–H and O–H groups in total. The largest absolute Gasteiger partial charge is 0.508 e. The summed E-state index contributed by atoms with van der Waals surface area (Å²) in [6.45, 7) is 0.456. The molecule has 1 amide bonds. The number of aromatic nitrogens is 1. The van der Waals surface area contributed by atoms with Crippen molar-refractivity contribution in [1.29, 1.82) is 0 Å². The number of benzene rings is 3. The van der Waals surface area contributed by atoms with Crippen LogP contribution >= 0.6 is 0 Å². The minimum atomic E-state index is -0.307. The van der Waals surface area contributed by atoms with Gasteiger partial charge < -0.3 is 20.1 Å². The zero-order chi connectivity index (χ0) is 20.9. The Hall–Kier alpha value is -4.06. The second kappa shape index (κ2) is 8.53. The van der Waals surface area contributed by atoms with Crippen molar-refractivity contribution in [2.45, 2.75) is 6.42 Å². The summed E-state index contributed by atoms with van der Waals surface area (Å²) in [7, 11) is 0. The summed E-state index contributed by atoms with van der Waals surface area (Å²) in [6.07, 6.45) is 0.695. The van der Waals surface area contributed by atoms with Crippen LogP contribution in [0.1, 0.15) is 15.9 Å². The Morgan fingerprint density at radius 1 is 0.833 bits per heavy atom. The third-order valence-corrected chi connectivity index (χ3v) is 4.73. The number of phenolic OH excluding ortho intramolecular Hbond substituents is 2. The second-order valence-electron chi connectivity index (χ2n) is 6.82.